The maximum Gasteiger partial charge on any atom is 0.411 e. The topological polar surface area (TPSA) is 60.5 Å². The van der Waals surface area contributed by atoms with E-state index in [4.69, 9.17) is 27.9 Å². The van der Waals surface area contributed by atoms with Gasteiger partial charge in [0.15, 0.2) is 5.15 Å². The van der Waals surface area contributed by atoms with Gasteiger partial charge in [-0.2, -0.15) is 0 Å². The van der Waals surface area contributed by atoms with Crippen LogP contribution in [0.15, 0.2) is 24.3 Å². The summed E-state index contributed by atoms with van der Waals surface area (Å²) in [5.41, 5.74) is 0.615. The van der Waals surface area contributed by atoms with Crippen LogP contribution in [0, 0.1) is 0 Å². The highest BCUT2D eigenvalue weighted by molar-refractivity contribution is 7.16. The van der Waals surface area contributed by atoms with Gasteiger partial charge in [-0.05, 0) is 24.3 Å². The SMILES string of the molecule is COC(=O)Nc1ccc(OCc2nc(Cl)c(Cl)s2)cc1. The minimum Gasteiger partial charge on any atom is -0.486 e. The van der Waals surface area contributed by atoms with Crippen molar-refractivity contribution in [2.45, 2.75) is 6.61 Å². The Bertz CT molecular complexity index is 582. The van der Waals surface area contributed by atoms with Crippen molar-refractivity contribution in [1.82, 2.24) is 4.98 Å². The number of hydrogen-bond acceptors (Lipinski definition) is 5. The Hall–Kier alpha value is -1.50. The highest BCUT2D eigenvalue weighted by Gasteiger charge is 2.07. The summed E-state index contributed by atoms with van der Waals surface area (Å²) in [4.78, 5) is 15.1. The second-order valence-corrected chi connectivity index (χ2v) is 5.65. The third kappa shape index (κ3) is 4.00. The van der Waals surface area contributed by atoms with E-state index in [9.17, 15) is 4.79 Å². The van der Waals surface area contributed by atoms with E-state index in [2.05, 4.69) is 15.0 Å². The summed E-state index contributed by atoms with van der Waals surface area (Å²) in [7, 11) is 1.30. The molecule has 0 saturated heterocycles. The Balaban J connectivity index is 1.92. The molecule has 1 heterocycles. The van der Waals surface area contributed by atoms with Crippen LogP contribution in [0.5, 0.6) is 5.75 Å². The number of anilines is 1. The van der Waals surface area contributed by atoms with Crippen LogP contribution in [0.2, 0.25) is 9.49 Å². The van der Waals surface area contributed by atoms with Gasteiger partial charge in [0.05, 0.1) is 7.11 Å². The summed E-state index contributed by atoms with van der Waals surface area (Å²) in [6, 6.07) is 6.85. The maximum absolute atomic E-state index is 11.0. The number of hydrogen-bond donors (Lipinski definition) is 1. The largest absolute Gasteiger partial charge is 0.486 e. The van der Waals surface area contributed by atoms with Gasteiger partial charge >= 0.3 is 6.09 Å². The van der Waals surface area contributed by atoms with E-state index in [0.717, 1.165) is 0 Å². The van der Waals surface area contributed by atoms with E-state index in [0.29, 0.717) is 20.8 Å². The zero-order valence-corrected chi connectivity index (χ0v) is 12.7. The molecular weight excluding hydrogens is 323 g/mol. The molecule has 106 valence electrons. The molecule has 0 unspecified atom stereocenters. The third-order valence-corrected chi connectivity index (χ3v) is 3.95. The first kappa shape index (κ1) is 14.9. The minimum atomic E-state index is -0.522. The molecule has 5 nitrogen and oxygen atoms in total. The molecular formula is C12H10Cl2N2O3S. The lowest BCUT2D eigenvalue weighted by Crippen LogP contribution is -2.10. The number of halogens is 2. The molecule has 20 heavy (non-hydrogen) atoms. The first-order valence-corrected chi connectivity index (χ1v) is 7.04. The number of nitrogens with zero attached hydrogens (tertiary/aromatic N) is 1. The van der Waals surface area contributed by atoms with Crippen molar-refractivity contribution in [1.29, 1.82) is 0 Å². The number of rotatable bonds is 4. The van der Waals surface area contributed by atoms with Gasteiger partial charge in [-0.15, -0.1) is 11.3 Å². The fraction of sp³-hybridized carbons (Fsp3) is 0.167. The Morgan fingerprint density at radius 2 is 2.05 bits per heavy atom. The highest BCUT2D eigenvalue weighted by Crippen LogP contribution is 2.28. The standard InChI is InChI=1S/C12H10Cl2N2O3S/c1-18-12(17)15-7-2-4-8(5-3-7)19-6-9-16-10(13)11(14)20-9/h2-5H,6H2,1H3,(H,15,17). The zero-order valence-electron chi connectivity index (χ0n) is 10.4. The molecule has 0 aliphatic heterocycles. The molecule has 1 N–H and O–H groups in total. The first-order valence-electron chi connectivity index (χ1n) is 5.47. The first-order chi connectivity index (χ1) is 9.58. The average Bonchev–Trinajstić information content (AvgIpc) is 2.77. The summed E-state index contributed by atoms with van der Waals surface area (Å²) >= 11 is 12.8. The molecule has 0 bridgehead atoms. The second-order valence-electron chi connectivity index (χ2n) is 3.60. The van der Waals surface area contributed by atoms with E-state index in [1.165, 1.54) is 18.4 Å². The van der Waals surface area contributed by atoms with Gasteiger partial charge in [0, 0.05) is 5.69 Å². The fourth-order valence-electron chi connectivity index (χ4n) is 1.33. The molecule has 0 saturated carbocycles. The van der Waals surface area contributed by atoms with E-state index in [1.807, 2.05) is 0 Å². The van der Waals surface area contributed by atoms with Crippen molar-refractivity contribution < 1.29 is 14.3 Å². The van der Waals surface area contributed by atoms with Crippen molar-refractivity contribution >= 4 is 46.3 Å². The monoisotopic (exact) mass is 332 g/mol. The Morgan fingerprint density at radius 1 is 1.35 bits per heavy atom. The normalized spacial score (nSPS) is 10.2. The molecule has 2 aromatic rings. The second kappa shape index (κ2) is 6.78. The van der Waals surface area contributed by atoms with Crippen molar-refractivity contribution in [2.75, 3.05) is 12.4 Å². The Labute approximate surface area is 129 Å². The molecule has 8 heteroatoms. The lowest BCUT2D eigenvalue weighted by Gasteiger charge is -2.06. The number of thiazole rings is 1. The summed E-state index contributed by atoms with van der Waals surface area (Å²) in [5, 5.41) is 3.52. The molecule has 0 fully saturated rings. The van der Waals surface area contributed by atoms with Crippen molar-refractivity contribution in [3.8, 4) is 5.75 Å². The van der Waals surface area contributed by atoms with Gasteiger partial charge in [-0.3, -0.25) is 5.32 Å². The van der Waals surface area contributed by atoms with Crippen LogP contribution in [0.4, 0.5) is 10.5 Å². The number of nitrogens with one attached hydrogen (secondary N) is 1. The van der Waals surface area contributed by atoms with Crippen LogP contribution in [0.25, 0.3) is 0 Å². The molecule has 1 aromatic heterocycles. The number of benzene rings is 1. The zero-order chi connectivity index (χ0) is 14.5. The van der Waals surface area contributed by atoms with Crippen LogP contribution in [0.3, 0.4) is 0 Å². The average molecular weight is 333 g/mol. The van der Waals surface area contributed by atoms with Crippen LogP contribution < -0.4 is 10.1 Å². The van der Waals surface area contributed by atoms with Gasteiger partial charge in [0.1, 0.15) is 21.7 Å². The fourth-order valence-corrected chi connectivity index (χ4v) is 2.50. The van der Waals surface area contributed by atoms with Crippen molar-refractivity contribution in [3.63, 3.8) is 0 Å². The minimum absolute atomic E-state index is 0.279. The quantitative estimate of drug-likeness (QED) is 0.911. The van der Waals surface area contributed by atoms with Gasteiger partial charge in [-0.25, -0.2) is 9.78 Å². The Kier molecular flexibility index (Phi) is 5.05. The molecule has 1 amide bonds. The Morgan fingerprint density at radius 3 is 2.60 bits per heavy atom. The van der Waals surface area contributed by atoms with E-state index < -0.39 is 6.09 Å². The smallest absolute Gasteiger partial charge is 0.411 e. The molecule has 0 atom stereocenters. The van der Waals surface area contributed by atoms with Crippen LogP contribution in [0.1, 0.15) is 5.01 Å². The predicted molar refractivity (Wildman–Crippen MR) is 78.9 cm³/mol. The van der Waals surface area contributed by atoms with Crippen molar-refractivity contribution in [2.24, 2.45) is 0 Å². The van der Waals surface area contributed by atoms with E-state index in [1.54, 1.807) is 24.3 Å². The van der Waals surface area contributed by atoms with Crippen LogP contribution >= 0.6 is 34.5 Å². The molecule has 1 aromatic carbocycles. The number of carbonyl (C=O) groups excluding carboxylic acids is 1. The number of methoxy groups -OCH3 is 1. The number of aromatic nitrogens is 1. The predicted octanol–water partition coefficient (Wildman–Crippen LogP) is 4.21. The molecule has 0 radical (unpaired) electrons. The van der Waals surface area contributed by atoms with Crippen molar-refractivity contribution in [3.05, 3.63) is 38.8 Å². The molecule has 0 aliphatic rings. The molecule has 0 aliphatic carbocycles. The number of ether oxygens (including phenoxy) is 2. The van der Waals surface area contributed by atoms with Gasteiger partial charge in [0.25, 0.3) is 0 Å². The van der Waals surface area contributed by atoms with Crippen LogP contribution in [-0.4, -0.2) is 18.2 Å². The summed E-state index contributed by atoms with van der Waals surface area (Å²) in [5.74, 6) is 0.642. The summed E-state index contributed by atoms with van der Waals surface area (Å²) < 4.78 is 10.5. The summed E-state index contributed by atoms with van der Waals surface area (Å²) in [6.45, 7) is 0.279. The number of carbonyl (C=O) groups is 1. The maximum atomic E-state index is 11.0. The number of amides is 1. The highest BCUT2D eigenvalue weighted by atomic mass is 35.5. The summed E-state index contributed by atoms with van der Waals surface area (Å²) in [6.07, 6.45) is -0.522. The third-order valence-electron chi connectivity index (χ3n) is 2.24. The van der Waals surface area contributed by atoms with Crippen LogP contribution in [-0.2, 0) is 11.3 Å². The van der Waals surface area contributed by atoms with E-state index in [-0.39, 0.29) is 11.8 Å². The lowest BCUT2D eigenvalue weighted by molar-refractivity contribution is 0.187. The van der Waals surface area contributed by atoms with E-state index >= 15 is 0 Å². The lowest BCUT2D eigenvalue weighted by atomic mass is 10.3. The molecule has 0 spiro atoms. The van der Waals surface area contributed by atoms with Gasteiger partial charge in [-0.1, -0.05) is 23.2 Å². The molecule has 2 rings (SSSR count). The van der Waals surface area contributed by atoms with Gasteiger partial charge in [0.2, 0.25) is 0 Å². The van der Waals surface area contributed by atoms with Gasteiger partial charge < -0.3 is 9.47 Å².